The molecule has 8 nitrogen and oxygen atoms in total. The monoisotopic (exact) mass is 461 g/mol. The lowest BCUT2D eigenvalue weighted by molar-refractivity contribution is 0.136. The van der Waals surface area contributed by atoms with Crippen molar-refractivity contribution >= 4 is 38.3 Å². The molecule has 1 aliphatic heterocycles. The first-order valence-corrected chi connectivity index (χ1v) is 11.9. The molecule has 0 spiro atoms. The smallest absolute Gasteiger partial charge is 0.190 e. The predicted molar refractivity (Wildman–Crippen MR) is 133 cm³/mol. The Bertz CT molecular complexity index is 1220. The van der Waals surface area contributed by atoms with E-state index in [1.807, 2.05) is 30.5 Å². The molecule has 4 aromatic heterocycles. The summed E-state index contributed by atoms with van der Waals surface area (Å²) in [6, 6.07) is 12.5. The van der Waals surface area contributed by atoms with Gasteiger partial charge in [0.2, 0.25) is 0 Å². The molecule has 0 amide bonds. The van der Waals surface area contributed by atoms with Crippen molar-refractivity contribution in [3.63, 3.8) is 0 Å². The molecule has 1 atom stereocenters. The molecule has 1 fully saturated rings. The molecule has 33 heavy (non-hydrogen) atoms. The van der Waals surface area contributed by atoms with Crippen LogP contribution >= 0.6 is 11.3 Å². The quantitative estimate of drug-likeness (QED) is 0.442. The number of hydrogen-bond donors (Lipinski definition) is 1. The summed E-state index contributed by atoms with van der Waals surface area (Å²) in [4.78, 5) is 23.9. The number of fused-ring (bicyclic) bond motifs is 1. The first kappa shape index (κ1) is 21.7. The second-order valence-corrected chi connectivity index (χ2v) is 9.11. The predicted octanol–water partition coefficient (Wildman–Crippen LogP) is 4.05. The van der Waals surface area contributed by atoms with Crippen LogP contribution in [0, 0.1) is 0 Å². The Morgan fingerprint density at radius 3 is 2.79 bits per heavy atom. The normalized spacial score (nSPS) is 16.9. The van der Waals surface area contributed by atoms with E-state index in [2.05, 4.69) is 44.1 Å². The van der Waals surface area contributed by atoms with Crippen molar-refractivity contribution in [1.82, 2.24) is 24.8 Å². The maximum absolute atomic E-state index is 5.23. The highest BCUT2D eigenvalue weighted by molar-refractivity contribution is 7.21. The summed E-state index contributed by atoms with van der Waals surface area (Å²) in [6.45, 7) is 7.06. The summed E-state index contributed by atoms with van der Waals surface area (Å²) in [6.07, 6.45) is 5.41. The van der Waals surface area contributed by atoms with Crippen molar-refractivity contribution in [2.45, 2.75) is 13.0 Å². The molecule has 0 aliphatic carbocycles. The number of nitrogens with one attached hydrogen (secondary N) is 1. The molecular weight excluding hydrogens is 434 g/mol. The van der Waals surface area contributed by atoms with Gasteiger partial charge in [0.25, 0.3) is 0 Å². The third-order valence-corrected chi connectivity index (χ3v) is 6.75. The minimum absolute atomic E-state index is 0.420. The van der Waals surface area contributed by atoms with Gasteiger partial charge in [0.05, 0.1) is 12.3 Å². The molecule has 0 unspecified atom stereocenters. The van der Waals surface area contributed by atoms with Gasteiger partial charge in [-0.05, 0) is 37.3 Å². The standard InChI is InChI=1S/C24H27N7OS/c1-17-16-30(13-14-32-2)11-12-31(17)19-7-10-26-22(15-19)29-24-28-21-4-3-20(27-23(21)33-24)18-5-8-25-9-6-18/h3-10,15,17H,11-14,16H2,1-2H3,(H,26,28,29)/t17-/m0/s1. The van der Waals surface area contributed by atoms with E-state index in [0.717, 1.165) is 65.3 Å². The molecule has 9 heteroatoms. The first-order chi connectivity index (χ1) is 16.2. The van der Waals surface area contributed by atoms with E-state index in [-0.39, 0.29) is 0 Å². The molecule has 0 aromatic carbocycles. The minimum Gasteiger partial charge on any atom is -0.383 e. The van der Waals surface area contributed by atoms with E-state index in [0.29, 0.717) is 6.04 Å². The second-order valence-electron chi connectivity index (χ2n) is 8.14. The number of piperazine rings is 1. The molecule has 1 aliphatic rings. The molecule has 1 N–H and O–H groups in total. The lowest BCUT2D eigenvalue weighted by Crippen LogP contribution is -2.52. The third kappa shape index (κ3) is 4.95. The molecule has 0 radical (unpaired) electrons. The summed E-state index contributed by atoms with van der Waals surface area (Å²) in [7, 11) is 1.76. The molecule has 0 saturated carbocycles. The van der Waals surface area contributed by atoms with Gasteiger partial charge in [0.1, 0.15) is 16.2 Å². The number of thiazole rings is 1. The van der Waals surface area contributed by atoms with Gasteiger partial charge in [0, 0.05) is 75.2 Å². The lowest BCUT2D eigenvalue weighted by atomic mass is 10.1. The van der Waals surface area contributed by atoms with Crippen LogP contribution in [0.5, 0.6) is 0 Å². The van der Waals surface area contributed by atoms with Gasteiger partial charge >= 0.3 is 0 Å². The summed E-state index contributed by atoms with van der Waals surface area (Å²) >= 11 is 1.53. The summed E-state index contributed by atoms with van der Waals surface area (Å²) < 4.78 is 5.23. The van der Waals surface area contributed by atoms with Crippen LogP contribution in [0.3, 0.4) is 0 Å². The highest BCUT2D eigenvalue weighted by Crippen LogP contribution is 2.30. The Morgan fingerprint density at radius 2 is 1.97 bits per heavy atom. The number of anilines is 3. The van der Waals surface area contributed by atoms with E-state index >= 15 is 0 Å². The zero-order valence-electron chi connectivity index (χ0n) is 18.8. The molecule has 5 heterocycles. The number of nitrogens with zero attached hydrogens (tertiary/aromatic N) is 6. The molecule has 1 saturated heterocycles. The van der Waals surface area contributed by atoms with Gasteiger partial charge in [-0.1, -0.05) is 11.3 Å². The SMILES string of the molecule is COCCN1CCN(c2ccnc(Nc3nc4ccc(-c5ccncc5)nc4s3)c2)[C@@H](C)C1. The van der Waals surface area contributed by atoms with Crippen molar-refractivity contribution in [3.05, 3.63) is 55.0 Å². The zero-order valence-corrected chi connectivity index (χ0v) is 19.6. The van der Waals surface area contributed by atoms with Crippen LogP contribution in [0.1, 0.15) is 6.92 Å². The summed E-state index contributed by atoms with van der Waals surface area (Å²) in [5.74, 6) is 0.787. The number of pyridine rings is 3. The first-order valence-electron chi connectivity index (χ1n) is 11.1. The fourth-order valence-electron chi connectivity index (χ4n) is 4.17. The number of aromatic nitrogens is 4. The summed E-state index contributed by atoms with van der Waals surface area (Å²) in [5, 5.41) is 4.16. The number of hydrogen-bond acceptors (Lipinski definition) is 9. The molecule has 0 bridgehead atoms. The van der Waals surface area contributed by atoms with Crippen LogP contribution in [0.4, 0.5) is 16.6 Å². The third-order valence-electron chi connectivity index (χ3n) is 5.87. The van der Waals surface area contributed by atoms with Crippen LogP contribution in [-0.4, -0.2) is 70.8 Å². The summed E-state index contributed by atoms with van der Waals surface area (Å²) in [5.41, 5.74) is 4.00. The molecule has 5 rings (SSSR count). The van der Waals surface area contributed by atoms with Gasteiger partial charge < -0.3 is 15.0 Å². The van der Waals surface area contributed by atoms with Crippen LogP contribution in [-0.2, 0) is 4.74 Å². The minimum atomic E-state index is 0.420. The van der Waals surface area contributed by atoms with E-state index < -0.39 is 0 Å². The Balaban J connectivity index is 1.30. The highest BCUT2D eigenvalue weighted by Gasteiger charge is 2.24. The second kappa shape index (κ2) is 9.78. The van der Waals surface area contributed by atoms with E-state index in [4.69, 9.17) is 14.7 Å². The Labute approximate surface area is 197 Å². The number of methoxy groups -OCH3 is 1. The Hall–Kier alpha value is -3.14. The number of ether oxygens (including phenoxy) is 1. The van der Waals surface area contributed by atoms with Crippen LogP contribution in [0.15, 0.2) is 55.0 Å². The zero-order chi connectivity index (χ0) is 22.6. The van der Waals surface area contributed by atoms with Crippen molar-refractivity contribution in [2.75, 3.05) is 50.1 Å². The average molecular weight is 462 g/mol. The van der Waals surface area contributed by atoms with E-state index in [1.54, 1.807) is 19.5 Å². The van der Waals surface area contributed by atoms with Crippen molar-refractivity contribution in [2.24, 2.45) is 0 Å². The van der Waals surface area contributed by atoms with Gasteiger partial charge in [-0.25, -0.2) is 15.0 Å². The van der Waals surface area contributed by atoms with Crippen molar-refractivity contribution in [3.8, 4) is 11.3 Å². The van der Waals surface area contributed by atoms with Crippen LogP contribution in [0.2, 0.25) is 0 Å². The Kier molecular flexibility index (Phi) is 6.43. The number of rotatable bonds is 7. The molecule has 4 aromatic rings. The molecular formula is C24H27N7OS. The van der Waals surface area contributed by atoms with Crippen molar-refractivity contribution < 1.29 is 4.74 Å². The average Bonchev–Trinajstić information content (AvgIpc) is 3.25. The lowest BCUT2D eigenvalue weighted by Gasteiger charge is -2.41. The topological polar surface area (TPSA) is 79.3 Å². The van der Waals surface area contributed by atoms with Crippen molar-refractivity contribution in [1.29, 1.82) is 0 Å². The van der Waals surface area contributed by atoms with Crippen LogP contribution in [0.25, 0.3) is 21.6 Å². The molecule has 170 valence electrons. The van der Waals surface area contributed by atoms with Gasteiger partial charge in [-0.3, -0.25) is 9.88 Å². The largest absolute Gasteiger partial charge is 0.383 e. The maximum Gasteiger partial charge on any atom is 0.190 e. The van der Waals surface area contributed by atoms with E-state index in [1.165, 1.54) is 17.0 Å². The van der Waals surface area contributed by atoms with Gasteiger partial charge in [0.15, 0.2) is 5.13 Å². The van der Waals surface area contributed by atoms with Crippen LogP contribution < -0.4 is 10.2 Å². The highest BCUT2D eigenvalue weighted by atomic mass is 32.1. The fraction of sp³-hybridized carbons (Fsp3) is 0.333. The Morgan fingerprint density at radius 1 is 1.09 bits per heavy atom. The maximum atomic E-state index is 5.23. The van der Waals surface area contributed by atoms with E-state index in [9.17, 15) is 0 Å². The van der Waals surface area contributed by atoms with Gasteiger partial charge in [-0.2, -0.15) is 0 Å². The fourth-order valence-corrected chi connectivity index (χ4v) is 5.02. The van der Waals surface area contributed by atoms with Gasteiger partial charge in [-0.15, -0.1) is 0 Å².